The van der Waals surface area contributed by atoms with Crippen molar-refractivity contribution in [3.05, 3.63) is 0 Å². The summed E-state index contributed by atoms with van der Waals surface area (Å²) in [4.78, 5) is 2.53. The van der Waals surface area contributed by atoms with Gasteiger partial charge in [0.2, 0.25) is 0 Å². The second-order valence-corrected chi connectivity index (χ2v) is 4.81. The van der Waals surface area contributed by atoms with Crippen LogP contribution in [-0.4, -0.2) is 36.7 Å². The number of rotatable bonds is 0. The summed E-state index contributed by atoms with van der Waals surface area (Å²) < 4.78 is 5.57. The van der Waals surface area contributed by atoms with Gasteiger partial charge in [0.15, 0.2) is 0 Å². The molecule has 0 aromatic carbocycles. The van der Waals surface area contributed by atoms with Crippen molar-refractivity contribution in [3.63, 3.8) is 0 Å². The molecular formula is C10H17NO. The summed E-state index contributed by atoms with van der Waals surface area (Å²) in [5.74, 6) is 0.991. The Morgan fingerprint density at radius 2 is 2.25 bits per heavy atom. The van der Waals surface area contributed by atoms with Gasteiger partial charge in [0, 0.05) is 6.04 Å². The second-order valence-electron chi connectivity index (χ2n) is 4.81. The number of fused-ring (bicyclic) bond motifs is 1. The molecule has 0 aromatic rings. The molecule has 2 heteroatoms. The van der Waals surface area contributed by atoms with Gasteiger partial charge in [-0.05, 0) is 45.2 Å². The molecule has 68 valence electrons. The molecule has 2 nitrogen and oxygen atoms in total. The fourth-order valence-corrected chi connectivity index (χ4v) is 3.04. The normalized spacial score (nSPS) is 52.8. The van der Waals surface area contributed by atoms with Crippen molar-refractivity contribution >= 4 is 0 Å². The number of nitrogens with zero attached hydrogens (tertiary/aromatic N) is 1. The third-order valence-corrected chi connectivity index (χ3v) is 4.07. The van der Waals surface area contributed by atoms with E-state index in [2.05, 4.69) is 11.9 Å². The van der Waals surface area contributed by atoms with Gasteiger partial charge in [0.1, 0.15) is 0 Å². The molecule has 2 heterocycles. The minimum atomic E-state index is 0.361. The first-order chi connectivity index (χ1) is 5.79. The molecule has 12 heavy (non-hydrogen) atoms. The Balaban J connectivity index is 1.77. The van der Waals surface area contributed by atoms with Crippen LogP contribution in [0.5, 0.6) is 0 Å². The third kappa shape index (κ3) is 0.944. The number of epoxide rings is 1. The van der Waals surface area contributed by atoms with Gasteiger partial charge < -0.3 is 9.64 Å². The number of hydrogen-bond donors (Lipinski definition) is 0. The van der Waals surface area contributed by atoms with Gasteiger partial charge in [-0.3, -0.25) is 0 Å². The van der Waals surface area contributed by atoms with E-state index in [4.69, 9.17) is 4.74 Å². The lowest BCUT2D eigenvalue weighted by Gasteiger charge is -2.33. The van der Waals surface area contributed by atoms with Crippen LogP contribution < -0.4 is 0 Å². The Morgan fingerprint density at radius 1 is 1.42 bits per heavy atom. The van der Waals surface area contributed by atoms with Crippen LogP contribution >= 0.6 is 0 Å². The summed E-state index contributed by atoms with van der Waals surface area (Å²) in [5.41, 5.74) is 0.361. The predicted molar refractivity (Wildman–Crippen MR) is 47.1 cm³/mol. The van der Waals surface area contributed by atoms with Crippen LogP contribution in [0.2, 0.25) is 0 Å². The van der Waals surface area contributed by atoms with Crippen LogP contribution in [0.15, 0.2) is 0 Å². The van der Waals surface area contributed by atoms with Crippen LogP contribution in [-0.2, 0) is 4.74 Å². The zero-order valence-electron chi connectivity index (χ0n) is 7.75. The van der Waals surface area contributed by atoms with Crippen molar-refractivity contribution in [1.82, 2.24) is 4.90 Å². The minimum Gasteiger partial charge on any atom is -0.370 e. The van der Waals surface area contributed by atoms with E-state index in [-0.39, 0.29) is 0 Å². The van der Waals surface area contributed by atoms with Crippen molar-refractivity contribution in [2.24, 2.45) is 5.92 Å². The van der Waals surface area contributed by atoms with Crippen LogP contribution in [0.25, 0.3) is 0 Å². The highest BCUT2D eigenvalue weighted by Gasteiger charge is 2.52. The molecule has 0 N–H and O–H groups in total. The molecule has 1 spiro atoms. The Bertz CT molecular complexity index is 200. The quantitative estimate of drug-likeness (QED) is 0.505. The van der Waals surface area contributed by atoms with E-state index in [9.17, 15) is 0 Å². The molecule has 3 aliphatic rings. The lowest BCUT2D eigenvalue weighted by Crippen LogP contribution is -2.38. The smallest absolute Gasteiger partial charge is 0.0931 e. The summed E-state index contributed by atoms with van der Waals surface area (Å²) in [7, 11) is 2.27. The van der Waals surface area contributed by atoms with E-state index < -0.39 is 0 Å². The number of likely N-dealkylation sites (tertiary alicyclic amines) is 1. The first-order valence-corrected chi connectivity index (χ1v) is 5.13. The zero-order valence-corrected chi connectivity index (χ0v) is 7.75. The van der Waals surface area contributed by atoms with Gasteiger partial charge in [-0.15, -0.1) is 0 Å². The summed E-state index contributed by atoms with van der Waals surface area (Å²) in [5, 5.41) is 0. The van der Waals surface area contributed by atoms with Gasteiger partial charge in [0.25, 0.3) is 0 Å². The SMILES string of the molecule is CN1CCC2CCC3(CO3)C[C@@H]21. The zero-order chi connectivity index (χ0) is 8.18. The molecule has 3 fully saturated rings. The lowest BCUT2D eigenvalue weighted by molar-refractivity contribution is 0.133. The van der Waals surface area contributed by atoms with E-state index >= 15 is 0 Å². The Hall–Kier alpha value is -0.0800. The summed E-state index contributed by atoms with van der Waals surface area (Å²) >= 11 is 0. The molecule has 3 rings (SSSR count). The average molecular weight is 167 g/mol. The van der Waals surface area contributed by atoms with Crippen molar-refractivity contribution in [2.45, 2.75) is 37.3 Å². The van der Waals surface area contributed by atoms with Crippen LogP contribution in [0.4, 0.5) is 0 Å². The van der Waals surface area contributed by atoms with E-state index in [0.717, 1.165) is 18.6 Å². The second kappa shape index (κ2) is 2.24. The molecule has 0 amide bonds. The maximum Gasteiger partial charge on any atom is 0.0931 e. The Labute approximate surface area is 73.9 Å². The van der Waals surface area contributed by atoms with E-state index in [1.54, 1.807) is 0 Å². The number of ether oxygens (including phenoxy) is 1. The summed E-state index contributed by atoms with van der Waals surface area (Å²) in [6, 6.07) is 0.848. The highest BCUT2D eigenvalue weighted by molar-refractivity contribution is 5.04. The van der Waals surface area contributed by atoms with Gasteiger partial charge in [0.05, 0.1) is 12.2 Å². The van der Waals surface area contributed by atoms with E-state index in [1.807, 2.05) is 0 Å². The third-order valence-electron chi connectivity index (χ3n) is 4.07. The van der Waals surface area contributed by atoms with Gasteiger partial charge in [-0.1, -0.05) is 0 Å². The fraction of sp³-hybridized carbons (Fsp3) is 1.00. The number of hydrogen-bond acceptors (Lipinski definition) is 2. The fourth-order valence-electron chi connectivity index (χ4n) is 3.04. The molecular weight excluding hydrogens is 150 g/mol. The maximum absolute atomic E-state index is 5.57. The topological polar surface area (TPSA) is 15.8 Å². The predicted octanol–water partition coefficient (Wildman–Crippen LogP) is 1.26. The van der Waals surface area contributed by atoms with Crippen molar-refractivity contribution in [1.29, 1.82) is 0 Å². The Morgan fingerprint density at radius 3 is 3.00 bits per heavy atom. The molecule has 0 bridgehead atoms. The maximum atomic E-state index is 5.57. The highest BCUT2D eigenvalue weighted by atomic mass is 16.6. The van der Waals surface area contributed by atoms with E-state index in [0.29, 0.717) is 5.60 Å². The largest absolute Gasteiger partial charge is 0.370 e. The van der Waals surface area contributed by atoms with Crippen molar-refractivity contribution < 1.29 is 4.74 Å². The monoisotopic (exact) mass is 167 g/mol. The van der Waals surface area contributed by atoms with Crippen LogP contribution in [0.1, 0.15) is 25.7 Å². The van der Waals surface area contributed by atoms with E-state index in [1.165, 1.54) is 32.2 Å². The Kier molecular flexibility index (Phi) is 1.37. The molecule has 1 saturated carbocycles. The van der Waals surface area contributed by atoms with Crippen molar-refractivity contribution in [2.75, 3.05) is 20.2 Å². The van der Waals surface area contributed by atoms with Crippen LogP contribution in [0, 0.1) is 5.92 Å². The first-order valence-electron chi connectivity index (χ1n) is 5.13. The van der Waals surface area contributed by atoms with Gasteiger partial charge in [-0.2, -0.15) is 0 Å². The molecule has 0 radical (unpaired) electrons. The molecule has 3 atom stereocenters. The summed E-state index contributed by atoms with van der Waals surface area (Å²) in [6.45, 7) is 2.36. The molecule has 2 saturated heterocycles. The standard InChI is InChI=1S/C10H17NO/c1-11-5-3-8-2-4-10(7-12-10)6-9(8)11/h8-9H,2-7H2,1H3/t8?,9-,10?/m0/s1. The van der Waals surface area contributed by atoms with Gasteiger partial charge in [-0.25, -0.2) is 0 Å². The minimum absolute atomic E-state index is 0.361. The highest BCUT2D eigenvalue weighted by Crippen LogP contribution is 2.47. The molecule has 2 aliphatic heterocycles. The van der Waals surface area contributed by atoms with Crippen molar-refractivity contribution in [3.8, 4) is 0 Å². The average Bonchev–Trinajstić information content (AvgIpc) is 2.73. The lowest BCUT2D eigenvalue weighted by atomic mass is 9.79. The van der Waals surface area contributed by atoms with Gasteiger partial charge >= 0.3 is 0 Å². The van der Waals surface area contributed by atoms with Crippen LogP contribution in [0.3, 0.4) is 0 Å². The molecule has 0 aromatic heterocycles. The first kappa shape index (κ1) is 7.34. The molecule has 1 aliphatic carbocycles. The molecule has 2 unspecified atom stereocenters. The summed E-state index contributed by atoms with van der Waals surface area (Å²) in [6.07, 6.45) is 5.49.